The molecule has 0 saturated carbocycles. The van der Waals surface area contributed by atoms with Crippen molar-refractivity contribution < 1.29 is 14.0 Å². The van der Waals surface area contributed by atoms with E-state index in [1.165, 1.54) is 0 Å². The molecular formula is C17H17ClN2O3. The number of anilines is 1. The van der Waals surface area contributed by atoms with E-state index >= 15 is 0 Å². The number of hydrogen-bond acceptors (Lipinski definition) is 3. The van der Waals surface area contributed by atoms with Gasteiger partial charge in [0.1, 0.15) is 11.7 Å². The van der Waals surface area contributed by atoms with E-state index in [2.05, 4.69) is 5.32 Å². The topological polar surface area (TPSA) is 62.6 Å². The molecule has 0 aliphatic carbocycles. The number of aryl methyl sites for hydroxylation is 1. The number of amides is 2. The summed E-state index contributed by atoms with van der Waals surface area (Å²) in [6.45, 7) is 2.70. The third kappa shape index (κ3) is 3.24. The van der Waals surface area contributed by atoms with Gasteiger partial charge >= 0.3 is 0 Å². The summed E-state index contributed by atoms with van der Waals surface area (Å²) < 4.78 is 5.17. The van der Waals surface area contributed by atoms with E-state index in [1.54, 1.807) is 29.4 Å². The highest BCUT2D eigenvalue weighted by atomic mass is 35.5. The molecule has 1 aliphatic rings. The predicted molar refractivity (Wildman–Crippen MR) is 87.2 cm³/mol. The number of rotatable bonds is 4. The van der Waals surface area contributed by atoms with Crippen LogP contribution in [0.2, 0.25) is 5.02 Å². The number of carbonyl (C=O) groups excluding carboxylic acids is 2. The first kappa shape index (κ1) is 15.6. The van der Waals surface area contributed by atoms with Gasteiger partial charge in [0, 0.05) is 6.54 Å². The molecule has 6 heteroatoms. The van der Waals surface area contributed by atoms with Crippen molar-refractivity contribution in [2.75, 3.05) is 11.4 Å². The van der Waals surface area contributed by atoms with E-state index in [4.69, 9.17) is 16.0 Å². The highest BCUT2D eigenvalue weighted by molar-refractivity contribution is 6.34. The van der Waals surface area contributed by atoms with Gasteiger partial charge in [-0.3, -0.25) is 9.59 Å². The zero-order valence-corrected chi connectivity index (χ0v) is 13.5. The molecule has 1 aromatic carbocycles. The molecule has 2 aromatic rings. The lowest BCUT2D eigenvalue weighted by atomic mass is 10.1. The minimum atomic E-state index is -0.679. The summed E-state index contributed by atoms with van der Waals surface area (Å²) in [6.07, 6.45) is 2.02. The lowest BCUT2D eigenvalue weighted by Gasteiger charge is -2.18. The average molecular weight is 333 g/mol. The minimum absolute atomic E-state index is 0.213. The number of halogens is 1. The van der Waals surface area contributed by atoms with Crippen LogP contribution in [0.1, 0.15) is 17.7 Å². The smallest absolute Gasteiger partial charge is 0.239 e. The van der Waals surface area contributed by atoms with Crippen LogP contribution in [-0.4, -0.2) is 18.4 Å². The summed E-state index contributed by atoms with van der Waals surface area (Å²) in [4.78, 5) is 26.4. The first-order valence-electron chi connectivity index (χ1n) is 7.44. The number of benzene rings is 1. The number of nitrogens with one attached hydrogen (secondary N) is 1. The highest BCUT2D eigenvalue weighted by Crippen LogP contribution is 2.32. The summed E-state index contributed by atoms with van der Waals surface area (Å²) >= 11 is 6.19. The maximum Gasteiger partial charge on any atom is 0.239 e. The molecule has 0 radical (unpaired) electrons. The van der Waals surface area contributed by atoms with Crippen LogP contribution in [-0.2, 0) is 16.1 Å². The maximum absolute atomic E-state index is 12.6. The molecule has 1 aliphatic heterocycles. The highest BCUT2D eigenvalue weighted by Gasteiger charge is 2.38. The largest absolute Gasteiger partial charge is 0.467 e. The summed E-state index contributed by atoms with van der Waals surface area (Å²) in [7, 11) is 0. The van der Waals surface area contributed by atoms with Gasteiger partial charge in [0.05, 0.1) is 23.5 Å². The molecule has 120 valence electrons. The maximum atomic E-state index is 12.6. The van der Waals surface area contributed by atoms with Gasteiger partial charge in [0.25, 0.3) is 0 Å². The van der Waals surface area contributed by atoms with Crippen LogP contribution in [0.15, 0.2) is 41.0 Å². The van der Waals surface area contributed by atoms with Crippen molar-refractivity contribution >= 4 is 29.1 Å². The molecule has 0 spiro atoms. The fourth-order valence-corrected chi connectivity index (χ4v) is 2.92. The average Bonchev–Trinajstić information content (AvgIpc) is 3.17. The number of hydrogen-bond donors (Lipinski definition) is 1. The van der Waals surface area contributed by atoms with Crippen molar-refractivity contribution in [2.45, 2.75) is 19.9 Å². The van der Waals surface area contributed by atoms with Gasteiger partial charge in [-0.05, 0) is 43.2 Å². The van der Waals surface area contributed by atoms with E-state index in [0.29, 0.717) is 29.4 Å². The Morgan fingerprint density at radius 3 is 3.00 bits per heavy atom. The number of carbonyl (C=O) groups is 2. The molecule has 2 heterocycles. The fourth-order valence-electron chi connectivity index (χ4n) is 2.70. The van der Waals surface area contributed by atoms with Crippen LogP contribution in [0.25, 0.3) is 0 Å². The quantitative estimate of drug-likeness (QED) is 0.876. The predicted octanol–water partition coefficient (Wildman–Crippen LogP) is 2.91. The van der Waals surface area contributed by atoms with Gasteiger partial charge in [-0.25, -0.2) is 0 Å². The zero-order chi connectivity index (χ0) is 16.4. The van der Waals surface area contributed by atoms with Crippen LogP contribution in [0, 0.1) is 12.8 Å². The lowest BCUT2D eigenvalue weighted by molar-refractivity contribution is -0.132. The third-order valence-electron chi connectivity index (χ3n) is 3.93. The molecule has 5 nitrogen and oxygen atoms in total. The van der Waals surface area contributed by atoms with Gasteiger partial charge in [-0.1, -0.05) is 17.7 Å². The third-order valence-corrected chi connectivity index (χ3v) is 4.25. The minimum Gasteiger partial charge on any atom is -0.467 e. The van der Waals surface area contributed by atoms with Crippen LogP contribution in [0.5, 0.6) is 0 Å². The summed E-state index contributed by atoms with van der Waals surface area (Å²) in [6, 6.07) is 9.05. The lowest BCUT2D eigenvalue weighted by Crippen LogP contribution is -2.36. The van der Waals surface area contributed by atoms with E-state index in [1.807, 2.05) is 19.1 Å². The Bertz CT molecular complexity index is 727. The van der Waals surface area contributed by atoms with Crippen molar-refractivity contribution in [1.82, 2.24) is 5.32 Å². The molecule has 23 heavy (non-hydrogen) atoms. The van der Waals surface area contributed by atoms with Crippen LogP contribution >= 0.6 is 11.6 Å². The van der Waals surface area contributed by atoms with Crippen molar-refractivity contribution in [3.63, 3.8) is 0 Å². The second-order valence-electron chi connectivity index (χ2n) is 5.58. The molecule has 1 atom stereocenters. The Labute approximate surface area is 139 Å². The SMILES string of the molecule is Cc1ccc(Cl)c(N2CC[C@@H](C(=O)NCc3ccco3)C2=O)c1. The zero-order valence-electron chi connectivity index (χ0n) is 12.7. The van der Waals surface area contributed by atoms with Gasteiger partial charge in [-0.2, -0.15) is 0 Å². The van der Waals surface area contributed by atoms with Crippen molar-refractivity contribution in [2.24, 2.45) is 5.92 Å². The summed E-state index contributed by atoms with van der Waals surface area (Å²) in [5, 5.41) is 3.26. The fraction of sp³-hybridized carbons (Fsp3) is 0.294. The Hall–Kier alpha value is -2.27. The summed E-state index contributed by atoms with van der Waals surface area (Å²) in [5.74, 6) is -0.518. The second-order valence-corrected chi connectivity index (χ2v) is 5.99. The van der Waals surface area contributed by atoms with Crippen LogP contribution in [0.4, 0.5) is 5.69 Å². The monoisotopic (exact) mass is 332 g/mol. The van der Waals surface area contributed by atoms with Gasteiger partial charge in [0.2, 0.25) is 11.8 Å². The number of nitrogens with zero attached hydrogens (tertiary/aromatic N) is 1. The second kappa shape index (κ2) is 6.46. The Morgan fingerprint density at radius 2 is 2.26 bits per heavy atom. The van der Waals surface area contributed by atoms with Gasteiger partial charge in [0.15, 0.2) is 0 Å². The molecule has 1 fully saturated rings. The van der Waals surface area contributed by atoms with Crippen LogP contribution in [0.3, 0.4) is 0 Å². The van der Waals surface area contributed by atoms with E-state index < -0.39 is 5.92 Å². The Balaban J connectivity index is 1.68. The molecule has 1 N–H and O–H groups in total. The van der Waals surface area contributed by atoms with Crippen molar-refractivity contribution in [3.05, 3.63) is 52.9 Å². The van der Waals surface area contributed by atoms with Crippen molar-refractivity contribution in [1.29, 1.82) is 0 Å². The first-order valence-corrected chi connectivity index (χ1v) is 7.81. The van der Waals surface area contributed by atoms with E-state index in [0.717, 1.165) is 5.56 Å². The molecule has 2 amide bonds. The molecule has 1 aromatic heterocycles. The van der Waals surface area contributed by atoms with Gasteiger partial charge < -0.3 is 14.6 Å². The standard InChI is InChI=1S/C17H17ClN2O3/c1-11-4-5-14(18)15(9-11)20-7-6-13(17(20)22)16(21)19-10-12-3-2-8-23-12/h2-5,8-9,13H,6-7,10H2,1H3,(H,19,21)/t13-/m0/s1. The van der Waals surface area contributed by atoms with Gasteiger partial charge in [-0.15, -0.1) is 0 Å². The normalized spacial score (nSPS) is 17.6. The first-order chi connectivity index (χ1) is 11.1. The number of furan rings is 1. The van der Waals surface area contributed by atoms with Crippen LogP contribution < -0.4 is 10.2 Å². The van der Waals surface area contributed by atoms with E-state index in [-0.39, 0.29) is 18.4 Å². The Kier molecular flexibility index (Phi) is 4.39. The van der Waals surface area contributed by atoms with E-state index in [9.17, 15) is 9.59 Å². The Morgan fingerprint density at radius 1 is 1.43 bits per heavy atom. The molecular weight excluding hydrogens is 316 g/mol. The molecule has 3 rings (SSSR count). The molecule has 0 bridgehead atoms. The molecule has 1 saturated heterocycles. The van der Waals surface area contributed by atoms with Crippen molar-refractivity contribution in [3.8, 4) is 0 Å². The summed E-state index contributed by atoms with van der Waals surface area (Å²) in [5.41, 5.74) is 1.68. The molecule has 0 unspecified atom stereocenters.